The number of carbonyl (C=O) groups excluding carboxylic acids is 1. The Labute approximate surface area is 146 Å². The van der Waals surface area contributed by atoms with E-state index >= 15 is 0 Å². The van der Waals surface area contributed by atoms with Gasteiger partial charge in [-0.2, -0.15) is 17.7 Å². The molecular weight excluding hydrogens is 332 g/mol. The fourth-order valence-electron chi connectivity index (χ4n) is 1.62. The highest BCUT2D eigenvalue weighted by molar-refractivity contribution is 7.81. The van der Waals surface area contributed by atoms with Gasteiger partial charge in [0.2, 0.25) is 5.91 Å². The van der Waals surface area contributed by atoms with E-state index in [1.807, 2.05) is 13.8 Å². The highest BCUT2D eigenvalue weighted by Gasteiger charge is 2.16. The van der Waals surface area contributed by atoms with Crippen LogP contribution in [0, 0.1) is 0 Å². The first-order valence-corrected chi connectivity index (χ1v) is 7.84. The highest BCUT2D eigenvalue weighted by Crippen LogP contribution is 2.16. The molecule has 2 N–H and O–H groups in total. The van der Waals surface area contributed by atoms with Gasteiger partial charge in [0.25, 0.3) is 0 Å². The van der Waals surface area contributed by atoms with E-state index in [9.17, 15) is 9.59 Å². The second-order valence-corrected chi connectivity index (χ2v) is 7.02. The van der Waals surface area contributed by atoms with Crippen LogP contribution in [0.15, 0.2) is 17.5 Å². The van der Waals surface area contributed by atoms with E-state index in [0.29, 0.717) is 23.7 Å². The first-order valence-electron chi connectivity index (χ1n) is 7.40. The Bertz CT molecular complexity index is 596. The van der Waals surface area contributed by atoms with Crippen LogP contribution in [0.2, 0.25) is 0 Å². The van der Waals surface area contributed by atoms with Gasteiger partial charge < -0.3 is 9.84 Å². The molecule has 1 aromatic rings. The number of nitrogens with zero attached hydrogens (tertiary/aromatic N) is 3. The number of thiol groups is 1. The number of aromatic nitrogens is 2. The largest absolute Gasteiger partial charge is 0.490 e. The van der Waals surface area contributed by atoms with Crippen LogP contribution in [0.1, 0.15) is 45.9 Å². The minimum Gasteiger partial charge on any atom is -0.490 e. The molecule has 0 bridgehead atoms. The molecule has 0 aliphatic rings. The number of carboxylic acid groups (broad SMARTS) is 1. The average Bonchev–Trinajstić information content (AvgIpc) is 2.48. The number of amides is 1. The SMILES string of the molecule is C/C(=N\NC(=O)CC(C)(C)S)c1ncc(OCCCC(=O)O)cn1. The molecule has 1 amide bonds. The van der Waals surface area contributed by atoms with Gasteiger partial charge in [-0.1, -0.05) is 13.8 Å². The van der Waals surface area contributed by atoms with Crippen LogP contribution < -0.4 is 10.2 Å². The maximum Gasteiger partial charge on any atom is 0.303 e. The van der Waals surface area contributed by atoms with Crippen molar-refractivity contribution in [2.75, 3.05) is 6.61 Å². The number of nitrogens with one attached hydrogen (secondary N) is 1. The fourth-order valence-corrected chi connectivity index (χ4v) is 1.76. The molecule has 9 heteroatoms. The van der Waals surface area contributed by atoms with Gasteiger partial charge >= 0.3 is 5.97 Å². The number of hydrazone groups is 1. The number of hydrogen-bond donors (Lipinski definition) is 3. The second kappa shape index (κ2) is 9.21. The van der Waals surface area contributed by atoms with E-state index in [1.165, 1.54) is 12.4 Å². The minimum atomic E-state index is -0.861. The topological polar surface area (TPSA) is 114 Å². The van der Waals surface area contributed by atoms with Crippen LogP contribution in [0.5, 0.6) is 5.75 Å². The predicted molar refractivity (Wildman–Crippen MR) is 92.4 cm³/mol. The van der Waals surface area contributed by atoms with Crippen molar-refractivity contribution in [3.63, 3.8) is 0 Å². The first kappa shape index (κ1) is 19.9. The van der Waals surface area contributed by atoms with Gasteiger partial charge in [-0.25, -0.2) is 15.4 Å². The normalized spacial score (nSPS) is 11.9. The van der Waals surface area contributed by atoms with Crippen LogP contribution in [-0.2, 0) is 9.59 Å². The standard InChI is InChI=1S/C15H22N4O4S/c1-10(18-19-12(20)7-15(2,3)24)14-16-8-11(9-17-14)23-6-4-5-13(21)22/h8-9,24H,4-7H2,1-3H3,(H,19,20)(H,21,22)/b18-10+. The van der Waals surface area contributed by atoms with Gasteiger partial charge in [0.15, 0.2) is 11.6 Å². The van der Waals surface area contributed by atoms with Crippen molar-refractivity contribution in [3.8, 4) is 5.75 Å². The summed E-state index contributed by atoms with van der Waals surface area (Å²) in [6.07, 6.45) is 3.64. The van der Waals surface area contributed by atoms with Crippen LogP contribution in [0.3, 0.4) is 0 Å². The molecule has 0 aliphatic carbocycles. The predicted octanol–water partition coefficient (Wildman–Crippen LogP) is 1.66. The maximum absolute atomic E-state index is 11.7. The number of carbonyl (C=O) groups is 2. The third-order valence-electron chi connectivity index (χ3n) is 2.70. The third-order valence-corrected chi connectivity index (χ3v) is 2.86. The Morgan fingerprint density at radius 1 is 1.38 bits per heavy atom. The molecular formula is C15H22N4O4S. The van der Waals surface area contributed by atoms with Gasteiger partial charge in [0.05, 0.1) is 19.0 Å². The van der Waals surface area contributed by atoms with Gasteiger partial charge in [-0.05, 0) is 13.3 Å². The second-order valence-electron chi connectivity index (χ2n) is 5.81. The third kappa shape index (κ3) is 8.47. The van der Waals surface area contributed by atoms with E-state index in [-0.39, 0.29) is 25.4 Å². The van der Waals surface area contributed by atoms with E-state index < -0.39 is 10.7 Å². The smallest absolute Gasteiger partial charge is 0.303 e. The molecule has 0 atom stereocenters. The summed E-state index contributed by atoms with van der Waals surface area (Å²) in [5.74, 6) is -0.302. The highest BCUT2D eigenvalue weighted by atomic mass is 32.1. The molecule has 0 aromatic carbocycles. The van der Waals surface area contributed by atoms with Crippen molar-refractivity contribution in [1.82, 2.24) is 15.4 Å². The average molecular weight is 354 g/mol. The quantitative estimate of drug-likeness (QED) is 0.269. The zero-order valence-electron chi connectivity index (χ0n) is 13.9. The van der Waals surface area contributed by atoms with Gasteiger partial charge in [0, 0.05) is 17.6 Å². The fraction of sp³-hybridized carbons (Fsp3) is 0.533. The molecule has 1 rings (SSSR count). The molecule has 0 saturated carbocycles. The summed E-state index contributed by atoms with van der Waals surface area (Å²) in [6, 6.07) is 0. The van der Waals surface area contributed by atoms with E-state index in [2.05, 4.69) is 33.1 Å². The Kier molecular flexibility index (Phi) is 7.63. The summed E-state index contributed by atoms with van der Waals surface area (Å²) in [4.78, 5) is 30.3. The lowest BCUT2D eigenvalue weighted by Gasteiger charge is -2.15. The monoisotopic (exact) mass is 354 g/mol. The molecule has 132 valence electrons. The molecule has 24 heavy (non-hydrogen) atoms. The molecule has 0 spiro atoms. The lowest BCUT2D eigenvalue weighted by molar-refractivity contribution is -0.137. The summed E-state index contributed by atoms with van der Waals surface area (Å²) < 4.78 is 4.92. The Morgan fingerprint density at radius 2 is 2.00 bits per heavy atom. The van der Waals surface area contributed by atoms with Crippen molar-refractivity contribution >= 4 is 30.2 Å². The molecule has 0 unspecified atom stereocenters. The van der Waals surface area contributed by atoms with Crippen LogP contribution in [-0.4, -0.2) is 44.0 Å². The number of aliphatic carboxylic acids is 1. The van der Waals surface area contributed by atoms with Crippen molar-refractivity contribution < 1.29 is 19.4 Å². The molecule has 8 nitrogen and oxygen atoms in total. The van der Waals surface area contributed by atoms with Crippen molar-refractivity contribution in [3.05, 3.63) is 18.2 Å². The maximum atomic E-state index is 11.7. The minimum absolute atomic E-state index is 0.0491. The van der Waals surface area contributed by atoms with Crippen molar-refractivity contribution in [2.45, 2.75) is 44.8 Å². The van der Waals surface area contributed by atoms with Gasteiger partial charge in [-0.3, -0.25) is 9.59 Å². The summed E-state index contributed by atoms with van der Waals surface area (Å²) in [6.45, 7) is 5.63. The molecule has 1 aromatic heterocycles. The summed E-state index contributed by atoms with van der Waals surface area (Å²) >= 11 is 4.29. The number of rotatable bonds is 9. The van der Waals surface area contributed by atoms with Gasteiger partial charge in [0.1, 0.15) is 5.71 Å². The molecule has 1 heterocycles. The van der Waals surface area contributed by atoms with Crippen LogP contribution in [0.25, 0.3) is 0 Å². The summed E-state index contributed by atoms with van der Waals surface area (Å²) in [7, 11) is 0. The molecule has 0 radical (unpaired) electrons. The lowest BCUT2D eigenvalue weighted by atomic mass is 10.1. The van der Waals surface area contributed by atoms with Gasteiger partial charge in [-0.15, -0.1) is 0 Å². The lowest BCUT2D eigenvalue weighted by Crippen LogP contribution is -2.26. The number of ether oxygens (including phenoxy) is 1. The van der Waals surface area contributed by atoms with E-state index in [0.717, 1.165) is 0 Å². The van der Waals surface area contributed by atoms with Crippen LogP contribution in [0.4, 0.5) is 0 Å². The zero-order valence-corrected chi connectivity index (χ0v) is 14.8. The van der Waals surface area contributed by atoms with Crippen molar-refractivity contribution in [1.29, 1.82) is 0 Å². The van der Waals surface area contributed by atoms with Crippen molar-refractivity contribution in [2.24, 2.45) is 5.10 Å². The first-order chi connectivity index (χ1) is 11.2. The van der Waals surface area contributed by atoms with E-state index in [4.69, 9.17) is 9.84 Å². The zero-order chi connectivity index (χ0) is 18.2. The number of hydrogen-bond acceptors (Lipinski definition) is 7. The molecule has 0 aliphatic heterocycles. The Hall–Kier alpha value is -2.16. The summed E-state index contributed by atoms with van der Waals surface area (Å²) in [5, 5.41) is 12.5. The molecule has 0 fully saturated rings. The van der Waals surface area contributed by atoms with Crippen LogP contribution >= 0.6 is 12.6 Å². The Balaban J connectivity index is 2.50. The number of carboxylic acids is 1. The Morgan fingerprint density at radius 3 is 2.54 bits per heavy atom. The van der Waals surface area contributed by atoms with E-state index in [1.54, 1.807) is 6.92 Å². The molecule has 0 saturated heterocycles. The summed E-state index contributed by atoms with van der Waals surface area (Å²) in [5.41, 5.74) is 2.89.